The van der Waals surface area contributed by atoms with Crippen molar-refractivity contribution >= 4 is 44.8 Å². The summed E-state index contributed by atoms with van der Waals surface area (Å²) in [7, 11) is 0. The van der Waals surface area contributed by atoms with E-state index in [9.17, 15) is 9.59 Å². The smallest absolute Gasteiger partial charge is 0.269 e. The molecule has 0 saturated carbocycles. The van der Waals surface area contributed by atoms with Gasteiger partial charge in [0.05, 0.1) is 10.1 Å². The highest BCUT2D eigenvalue weighted by molar-refractivity contribution is 7.14. The van der Waals surface area contributed by atoms with E-state index in [1.165, 1.54) is 11.5 Å². The molecule has 3 aromatic rings. The first kappa shape index (κ1) is 16.7. The lowest BCUT2D eigenvalue weighted by Gasteiger charge is -2.16. The Labute approximate surface area is 148 Å². The topological polar surface area (TPSA) is 51.1 Å². The van der Waals surface area contributed by atoms with Gasteiger partial charge in [0.1, 0.15) is 6.04 Å². The Morgan fingerprint density at radius 3 is 2.75 bits per heavy atom. The van der Waals surface area contributed by atoms with Crippen LogP contribution in [-0.4, -0.2) is 9.86 Å². The van der Waals surface area contributed by atoms with Crippen molar-refractivity contribution in [3.8, 4) is 0 Å². The molecule has 0 aliphatic carbocycles. The second-order valence-electron chi connectivity index (χ2n) is 5.59. The third kappa shape index (κ3) is 3.09. The lowest BCUT2D eigenvalue weighted by molar-refractivity contribution is -0.119. The predicted molar refractivity (Wildman–Crippen MR) is 100 cm³/mol. The van der Waals surface area contributed by atoms with Gasteiger partial charge < -0.3 is 5.32 Å². The van der Waals surface area contributed by atoms with Gasteiger partial charge in [-0.25, -0.2) is 0 Å². The van der Waals surface area contributed by atoms with E-state index in [0.717, 1.165) is 10.3 Å². The summed E-state index contributed by atoms with van der Waals surface area (Å²) >= 11 is 7.33. The molecule has 124 valence electrons. The van der Waals surface area contributed by atoms with E-state index < -0.39 is 6.04 Å². The maximum absolute atomic E-state index is 12.7. The van der Waals surface area contributed by atoms with E-state index in [-0.39, 0.29) is 11.5 Å². The fourth-order valence-electron chi connectivity index (χ4n) is 2.60. The van der Waals surface area contributed by atoms with Crippen LogP contribution in [0.4, 0.5) is 5.69 Å². The van der Waals surface area contributed by atoms with E-state index >= 15 is 0 Å². The summed E-state index contributed by atoms with van der Waals surface area (Å²) in [5.74, 6) is -0.212. The molecule has 1 heterocycles. The molecule has 6 heteroatoms. The highest BCUT2D eigenvalue weighted by atomic mass is 35.5. The maximum Gasteiger partial charge on any atom is 0.269 e. The molecule has 1 atom stereocenters. The van der Waals surface area contributed by atoms with Crippen molar-refractivity contribution in [2.45, 2.75) is 26.3 Å². The Hall–Kier alpha value is -2.11. The van der Waals surface area contributed by atoms with Crippen LogP contribution < -0.4 is 10.9 Å². The number of carbonyl (C=O) groups is 1. The van der Waals surface area contributed by atoms with Gasteiger partial charge in [-0.3, -0.25) is 13.5 Å². The van der Waals surface area contributed by atoms with E-state index in [0.29, 0.717) is 22.5 Å². The Morgan fingerprint density at radius 2 is 2.04 bits per heavy atom. The fourth-order valence-corrected chi connectivity index (χ4v) is 3.93. The first-order valence-corrected chi connectivity index (χ1v) is 8.84. The van der Waals surface area contributed by atoms with Gasteiger partial charge in [0.25, 0.3) is 5.56 Å². The summed E-state index contributed by atoms with van der Waals surface area (Å²) in [4.78, 5) is 25.3. The molecule has 0 saturated heterocycles. The number of halogens is 1. The molecule has 3 rings (SSSR count). The number of amides is 1. The normalized spacial score (nSPS) is 12.3. The SMILES string of the molecule is CC[C@H](C(=O)Nc1cc(Cl)ccc1C)n1sc2ccccc2c1=O. The van der Waals surface area contributed by atoms with Crippen molar-refractivity contribution < 1.29 is 4.79 Å². The monoisotopic (exact) mass is 360 g/mol. The van der Waals surface area contributed by atoms with Crippen molar-refractivity contribution in [1.29, 1.82) is 0 Å². The summed E-state index contributed by atoms with van der Waals surface area (Å²) in [6.07, 6.45) is 0.526. The van der Waals surface area contributed by atoms with Crippen LogP contribution in [0.2, 0.25) is 5.02 Å². The Morgan fingerprint density at radius 1 is 1.29 bits per heavy atom. The van der Waals surface area contributed by atoms with Crippen LogP contribution in [0.1, 0.15) is 24.9 Å². The summed E-state index contributed by atoms with van der Waals surface area (Å²) in [6.45, 7) is 3.80. The lowest BCUT2D eigenvalue weighted by Crippen LogP contribution is -2.30. The van der Waals surface area contributed by atoms with Crippen molar-refractivity contribution in [2.24, 2.45) is 0 Å². The second-order valence-corrected chi connectivity index (χ2v) is 7.04. The minimum atomic E-state index is -0.548. The molecule has 0 aliphatic rings. The predicted octanol–water partition coefficient (Wildman–Crippen LogP) is 4.61. The molecule has 0 fully saturated rings. The Bertz CT molecular complexity index is 961. The molecule has 1 amide bonds. The van der Waals surface area contributed by atoms with Crippen LogP contribution in [-0.2, 0) is 4.79 Å². The number of aromatic nitrogens is 1. The van der Waals surface area contributed by atoms with E-state index in [2.05, 4.69) is 5.32 Å². The Balaban J connectivity index is 1.95. The summed E-state index contributed by atoms with van der Waals surface area (Å²) < 4.78 is 2.44. The quantitative estimate of drug-likeness (QED) is 0.738. The fraction of sp³-hybridized carbons (Fsp3) is 0.222. The van der Waals surface area contributed by atoms with E-state index in [1.54, 1.807) is 22.2 Å². The van der Waals surface area contributed by atoms with Crippen molar-refractivity contribution in [3.63, 3.8) is 0 Å². The number of anilines is 1. The number of fused-ring (bicyclic) bond motifs is 1. The molecule has 0 radical (unpaired) electrons. The average Bonchev–Trinajstić information content (AvgIpc) is 2.89. The van der Waals surface area contributed by atoms with Gasteiger partial charge in [0.2, 0.25) is 5.91 Å². The molecule has 2 aromatic carbocycles. The molecule has 24 heavy (non-hydrogen) atoms. The summed E-state index contributed by atoms with van der Waals surface area (Å²) in [5, 5.41) is 4.10. The third-order valence-corrected chi connectivity index (χ3v) is 5.35. The molecule has 0 spiro atoms. The van der Waals surface area contributed by atoms with Crippen LogP contribution >= 0.6 is 23.1 Å². The van der Waals surface area contributed by atoms with Gasteiger partial charge in [-0.15, -0.1) is 0 Å². The lowest BCUT2D eigenvalue weighted by atomic mass is 10.1. The maximum atomic E-state index is 12.7. The van der Waals surface area contributed by atoms with Gasteiger partial charge in [0.15, 0.2) is 0 Å². The zero-order valence-electron chi connectivity index (χ0n) is 13.4. The zero-order valence-corrected chi connectivity index (χ0v) is 14.9. The van der Waals surface area contributed by atoms with Crippen LogP contribution in [0.25, 0.3) is 10.1 Å². The van der Waals surface area contributed by atoms with E-state index in [4.69, 9.17) is 11.6 Å². The molecular formula is C18H17ClN2O2S. The standard InChI is InChI=1S/C18H17ClN2O2S/c1-3-15(17(22)20-14-10-12(19)9-8-11(14)2)21-18(23)13-6-4-5-7-16(13)24-21/h4-10,15H,3H2,1-2H3,(H,20,22)/t15-/m1/s1. The summed E-state index contributed by atoms with van der Waals surface area (Å²) in [6, 6.07) is 12.2. The second kappa shape index (κ2) is 6.79. The number of carbonyl (C=O) groups excluding carboxylic acids is 1. The highest BCUT2D eigenvalue weighted by Crippen LogP contribution is 2.25. The van der Waals surface area contributed by atoms with E-state index in [1.807, 2.05) is 38.1 Å². The number of aryl methyl sites for hydroxylation is 1. The number of rotatable bonds is 4. The van der Waals surface area contributed by atoms with Crippen LogP contribution in [0.3, 0.4) is 0 Å². The zero-order chi connectivity index (χ0) is 17.3. The van der Waals surface area contributed by atoms with Crippen molar-refractivity contribution in [1.82, 2.24) is 3.96 Å². The number of hydrogen-bond donors (Lipinski definition) is 1. The van der Waals surface area contributed by atoms with Crippen LogP contribution in [0.15, 0.2) is 47.3 Å². The van der Waals surface area contributed by atoms with Crippen molar-refractivity contribution in [3.05, 3.63) is 63.4 Å². The number of benzene rings is 2. The minimum Gasteiger partial charge on any atom is -0.324 e. The molecule has 1 N–H and O–H groups in total. The molecule has 4 nitrogen and oxygen atoms in total. The number of nitrogens with zero attached hydrogens (tertiary/aromatic N) is 1. The molecule has 0 bridgehead atoms. The first-order valence-electron chi connectivity index (χ1n) is 7.69. The van der Waals surface area contributed by atoms with Crippen LogP contribution in [0.5, 0.6) is 0 Å². The largest absolute Gasteiger partial charge is 0.324 e. The average molecular weight is 361 g/mol. The summed E-state index contributed by atoms with van der Waals surface area (Å²) in [5.41, 5.74) is 1.46. The molecule has 1 aromatic heterocycles. The van der Waals surface area contributed by atoms with Gasteiger partial charge >= 0.3 is 0 Å². The van der Waals surface area contributed by atoms with Gasteiger partial charge in [-0.2, -0.15) is 0 Å². The number of nitrogens with one attached hydrogen (secondary N) is 1. The van der Waals surface area contributed by atoms with Crippen molar-refractivity contribution in [2.75, 3.05) is 5.32 Å². The Kier molecular flexibility index (Phi) is 4.73. The van der Waals surface area contributed by atoms with Crippen LogP contribution in [0, 0.1) is 6.92 Å². The highest BCUT2D eigenvalue weighted by Gasteiger charge is 2.23. The first-order chi connectivity index (χ1) is 11.5. The molecular weight excluding hydrogens is 344 g/mol. The third-order valence-electron chi connectivity index (χ3n) is 3.94. The van der Waals surface area contributed by atoms with Gasteiger partial charge in [0, 0.05) is 10.7 Å². The van der Waals surface area contributed by atoms with Gasteiger partial charge in [-0.1, -0.05) is 48.3 Å². The minimum absolute atomic E-state index is 0.125. The number of hydrogen-bond acceptors (Lipinski definition) is 3. The van der Waals surface area contributed by atoms with Gasteiger partial charge in [-0.05, 0) is 43.2 Å². The molecule has 0 aliphatic heterocycles. The molecule has 0 unspecified atom stereocenters.